The van der Waals surface area contributed by atoms with Crippen LogP contribution in [0.15, 0.2) is 35.5 Å². The standard InChI is InChI=1S/C18H19N3O6/c1-26-11-5-3-4-10(8-11)20-16(23)12-9-13(22)14(18(25)27-2)15-17(24)19-6-7-21(12)15/h3-5,8,12H,6-7,9H2,1-2H3,(H,19,24)(H,20,23)/t12-/m1/s1. The van der Waals surface area contributed by atoms with E-state index in [0.717, 1.165) is 7.11 Å². The molecule has 1 saturated heterocycles. The fourth-order valence-corrected chi connectivity index (χ4v) is 3.18. The number of anilines is 1. The molecule has 3 rings (SSSR count). The largest absolute Gasteiger partial charge is 0.497 e. The van der Waals surface area contributed by atoms with Gasteiger partial charge in [-0.05, 0) is 12.1 Å². The molecule has 0 unspecified atom stereocenters. The molecule has 1 aromatic rings. The van der Waals surface area contributed by atoms with Crippen molar-refractivity contribution in [2.45, 2.75) is 12.5 Å². The number of hydrogen-bond acceptors (Lipinski definition) is 7. The number of hydrogen-bond donors (Lipinski definition) is 2. The number of amides is 2. The van der Waals surface area contributed by atoms with Gasteiger partial charge in [0.15, 0.2) is 5.78 Å². The lowest BCUT2D eigenvalue weighted by Gasteiger charge is -2.40. The summed E-state index contributed by atoms with van der Waals surface area (Å²) in [5.41, 5.74) is 0.0628. The number of carbonyl (C=O) groups excluding carboxylic acids is 4. The average Bonchev–Trinajstić information content (AvgIpc) is 2.67. The van der Waals surface area contributed by atoms with Crippen molar-refractivity contribution < 1.29 is 28.7 Å². The third kappa shape index (κ3) is 3.48. The second-order valence-electron chi connectivity index (χ2n) is 6.03. The summed E-state index contributed by atoms with van der Waals surface area (Å²) in [7, 11) is 2.65. The third-order valence-electron chi connectivity index (χ3n) is 4.44. The van der Waals surface area contributed by atoms with Crippen LogP contribution in [0.5, 0.6) is 5.75 Å². The molecule has 0 spiro atoms. The van der Waals surface area contributed by atoms with Crippen LogP contribution in [-0.2, 0) is 23.9 Å². The predicted molar refractivity (Wildman–Crippen MR) is 93.8 cm³/mol. The van der Waals surface area contributed by atoms with Crippen molar-refractivity contribution in [2.75, 3.05) is 32.6 Å². The fraction of sp³-hybridized carbons (Fsp3) is 0.333. The maximum absolute atomic E-state index is 12.8. The number of piperazine rings is 1. The third-order valence-corrected chi connectivity index (χ3v) is 4.44. The molecule has 0 aromatic heterocycles. The second-order valence-corrected chi connectivity index (χ2v) is 6.03. The highest BCUT2D eigenvalue weighted by Gasteiger charge is 2.44. The summed E-state index contributed by atoms with van der Waals surface area (Å²) in [4.78, 5) is 51.1. The summed E-state index contributed by atoms with van der Waals surface area (Å²) < 4.78 is 9.76. The normalized spacial score (nSPS) is 19.2. The molecule has 0 aliphatic carbocycles. The number of ether oxygens (including phenoxy) is 2. The molecule has 27 heavy (non-hydrogen) atoms. The molecule has 9 heteroatoms. The van der Waals surface area contributed by atoms with Crippen molar-refractivity contribution in [1.82, 2.24) is 10.2 Å². The minimum Gasteiger partial charge on any atom is -0.497 e. The van der Waals surface area contributed by atoms with Gasteiger partial charge in [0, 0.05) is 31.3 Å². The number of rotatable bonds is 4. The van der Waals surface area contributed by atoms with Gasteiger partial charge in [0.25, 0.3) is 5.91 Å². The van der Waals surface area contributed by atoms with Crippen molar-refractivity contribution in [3.05, 3.63) is 35.5 Å². The second kappa shape index (κ2) is 7.48. The van der Waals surface area contributed by atoms with Crippen molar-refractivity contribution in [3.63, 3.8) is 0 Å². The van der Waals surface area contributed by atoms with Gasteiger partial charge in [-0.25, -0.2) is 4.79 Å². The van der Waals surface area contributed by atoms with E-state index in [0.29, 0.717) is 24.5 Å². The van der Waals surface area contributed by atoms with E-state index in [-0.39, 0.29) is 17.7 Å². The Balaban J connectivity index is 1.91. The zero-order valence-electron chi connectivity index (χ0n) is 14.9. The number of nitrogens with one attached hydrogen (secondary N) is 2. The number of nitrogens with zero attached hydrogens (tertiary/aromatic N) is 1. The molecule has 1 fully saturated rings. The van der Waals surface area contributed by atoms with Crippen LogP contribution in [0.25, 0.3) is 0 Å². The number of esters is 1. The van der Waals surface area contributed by atoms with Crippen molar-refractivity contribution in [3.8, 4) is 5.75 Å². The quantitative estimate of drug-likeness (QED) is 0.556. The fourth-order valence-electron chi connectivity index (χ4n) is 3.18. The smallest absolute Gasteiger partial charge is 0.343 e. The number of methoxy groups -OCH3 is 2. The van der Waals surface area contributed by atoms with Crippen molar-refractivity contribution in [2.24, 2.45) is 0 Å². The average molecular weight is 373 g/mol. The summed E-state index contributed by atoms with van der Waals surface area (Å²) >= 11 is 0. The van der Waals surface area contributed by atoms with Gasteiger partial charge in [-0.1, -0.05) is 6.07 Å². The molecule has 1 atom stereocenters. The Morgan fingerprint density at radius 3 is 2.74 bits per heavy atom. The van der Waals surface area contributed by atoms with Gasteiger partial charge >= 0.3 is 5.97 Å². The lowest BCUT2D eigenvalue weighted by Crippen LogP contribution is -2.57. The van der Waals surface area contributed by atoms with Crippen molar-refractivity contribution >= 4 is 29.3 Å². The monoisotopic (exact) mass is 373 g/mol. The molecule has 2 amide bonds. The maximum Gasteiger partial charge on any atom is 0.343 e. The lowest BCUT2D eigenvalue weighted by molar-refractivity contribution is -0.141. The molecule has 2 aliphatic rings. The van der Waals surface area contributed by atoms with Gasteiger partial charge in [0.05, 0.1) is 14.2 Å². The summed E-state index contributed by atoms with van der Waals surface area (Å²) in [5, 5.41) is 5.32. The van der Waals surface area contributed by atoms with Gasteiger partial charge in [-0.2, -0.15) is 0 Å². The highest BCUT2D eigenvalue weighted by Crippen LogP contribution is 2.28. The molecule has 0 saturated carbocycles. The van der Waals surface area contributed by atoms with E-state index in [1.54, 1.807) is 24.3 Å². The summed E-state index contributed by atoms with van der Waals surface area (Å²) in [5.74, 6) is -1.94. The highest BCUT2D eigenvalue weighted by molar-refractivity contribution is 6.24. The Morgan fingerprint density at radius 1 is 1.26 bits per heavy atom. The van der Waals surface area contributed by atoms with Crippen molar-refractivity contribution in [1.29, 1.82) is 0 Å². The van der Waals surface area contributed by atoms with Crippen LogP contribution in [-0.4, -0.2) is 61.8 Å². The minimum atomic E-state index is -0.904. The van der Waals surface area contributed by atoms with E-state index in [1.807, 2.05) is 0 Å². The van der Waals surface area contributed by atoms with Crippen LogP contribution in [0.3, 0.4) is 0 Å². The molecule has 2 heterocycles. The van der Waals surface area contributed by atoms with E-state index in [4.69, 9.17) is 4.74 Å². The SMILES string of the molecule is COC(=O)C1=C2C(=O)NCCN2[C@@H](C(=O)Nc2cccc(OC)c2)CC1=O. The molecule has 1 aromatic carbocycles. The summed E-state index contributed by atoms with van der Waals surface area (Å²) in [6, 6.07) is 5.87. The van der Waals surface area contributed by atoms with Gasteiger partial charge in [-0.15, -0.1) is 0 Å². The first-order valence-corrected chi connectivity index (χ1v) is 8.31. The zero-order chi connectivity index (χ0) is 19.6. The topological polar surface area (TPSA) is 114 Å². The molecule has 2 aliphatic heterocycles. The molecular weight excluding hydrogens is 354 g/mol. The molecule has 2 N–H and O–H groups in total. The Bertz CT molecular complexity index is 847. The number of fused-ring (bicyclic) bond motifs is 1. The van der Waals surface area contributed by atoms with E-state index in [9.17, 15) is 19.2 Å². The maximum atomic E-state index is 12.8. The Morgan fingerprint density at radius 2 is 2.04 bits per heavy atom. The van der Waals surface area contributed by atoms with Crippen LogP contribution in [0.4, 0.5) is 5.69 Å². The first kappa shape index (κ1) is 18.4. The summed E-state index contributed by atoms with van der Waals surface area (Å²) in [6.07, 6.45) is -0.225. The highest BCUT2D eigenvalue weighted by atomic mass is 16.5. The van der Waals surface area contributed by atoms with Gasteiger partial charge in [0.2, 0.25) is 5.91 Å². The Hall–Kier alpha value is -3.36. The van der Waals surface area contributed by atoms with Crippen LogP contribution in [0, 0.1) is 0 Å². The number of carbonyl (C=O) groups is 4. The molecule has 0 bridgehead atoms. The van der Waals surface area contributed by atoms with E-state index < -0.39 is 29.6 Å². The zero-order valence-corrected chi connectivity index (χ0v) is 14.9. The number of Topliss-reactive ketones (excluding diaryl/α,β-unsaturated/α-hetero) is 1. The van der Waals surface area contributed by atoms with E-state index in [1.165, 1.54) is 12.0 Å². The van der Waals surface area contributed by atoms with Gasteiger partial charge in [-0.3, -0.25) is 14.4 Å². The first-order chi connectivity index (χ1) is 13.0. The number of ketones is 1. The molecule has 0 radical (unpaired) electrons. The minimum absolute atomic E-state index is 0.116. The molecule has 9 nitrogen and oxygen atoms in total. The molecular formula is C18H19N3O6. The Labute approximate surface area is 155 Å². The lowest BCUT2D eigenvalue weighted by atomic mass is 9.92. The van der Waals surface area contributed by atoms with Crippen LogP contribution >= 0.6 is 0 Å². The first-order valence-electron chi connectivity index (χ1n) is 8.31. The predicted octanol–water partition coefficient (Wildman–Crippen LogP) is -0.166. The van der Waals surface area contributed by atoms with Gasteiger partial charge < -0.3 is 25.0 Å². The van der Waals surface area contributed by atoms with Crippen LogP contribution < -0.4 is 15.4 Å². The Kier molecular flexibility index (Phi) is 5.11. The van der Waals surface area contributed by atoms with E-state index >= 15 is 0 Å². The summed E-state index contributed by atoms with van der Waals surface area (Å²) in [6.45, 7) is 0.596. The van der Waals surface area contributed by atoms with E-state index in [2.05, 4.69) is 15.4 Å². The van der Waals surface area contributed by atoms with Crippen LogP contribution in [0.2, 0.25) is 0 Å². The van der Waals surface area contributed by atoms with Crippen LogP contribution in [0.1, 0.15) is 6.42 Å². The number of benzene rings is 1. The molecule has 142 valence electrons. The van der Waals surface area contributed by atoms with Gasteiger partial charge in [0.1, 0.15) is 23.1 Å².